The number of rotatable bonds is 46. The fraction of sp³-hybridized carbons (Fsp3) is 0.627. The lowest BCUT2D eigenvalue weighted by Crippen LogP contribution is -2.28. The molecule has 0 aliphatic rings. The monoisotopic (exact) mass is 885 g/mol. The van der Waals surface area contributed by atoms with Crippen molar-refractivity contribution in [2.24, 2.45) is 0 Å². The van der Waals surface area contributed by atoms with E-state index in [4.69, 9.17) is 9.47 Å². The van der Waals surface area contributed by atoms with Crippen LogP contribution in [-0.2, 0) is 19.1 Å². The molecule has 0 aromatic rings. The first-order valence-electron chi connectivity index (χ1n) is 26.1. The number of aliphatic hydroxyl groups excluding tert-OH is 1. The molecule has 0 heterocycles. The number of hydrogen-bond donors (Lipinski definition) is 1. The van der Waals surface area contributed by atoms with Crippen LogP contribution in [0.4, 0.5) is 0 Å². The van der Waals surface area contributed by atoms with Crippen molar-refractivity contribution < 1.29 is 24.2 Å². The smallest absolute Gasteiger partial charge is 0.306 e. The molecular weight excluding hydrogens is 789 g/mol. The highest BCUT2D eigenvalue weighted by Gasteiger charge is 2.16. The van der Waals surface area contributed by atoms with E-state index in [1.807, 2.05) is 0 Å². The van der Waals surface area contributed by atoms with Crippen molar-refractivity contribution in [1.29, 1.82) is 0 Å². The summed E-state index contributed by atoms with van der Waals surface area (Å²) in [5, 5.41) is 9.63. The molecule has 0 aliphatic heterocycles. The molecule has 0 saturated heterocycles. The van der Waals surface area contributed by atoms with Crippen LogP contribution >= 0.6 is 0 Å². The number of ether oxygens (including phenoxy) is 2. The summed E-state index contributed by atoms with van der Waals surface area (Å²) >= 11 is 0. The molecular formula is C59H96O5. The first kappa shape index (κ1) is 60.3. The molecule has 5 nitrogen and oxygen atoms in total. The average molecular weight is 885 g/mol. The van der Waals surface area contributed by atoms with Crippen LogP contribution in [0.2, 0.25) is 0 Å². The fourth-order valence-electron chi connectivity index (χ4n) is 6.84. The second-order valence-corrected chi connectivity index (χ2v) is 16.9. The second kappa shape index (κ2) is 53.6. The van der Waals surface area contributed by atoms with E-state index in [-0.39, 0.29) is 25.2 Å². The number of unbranched alkanes of at least 4 members (excludes halogenated alkanes) is 18. The van der Waals surface area contributed by atoms with Crippen LogP contribution in [0.5, 0.6) is 0 Å². The van der Waals surface area contributed by atoms with Crippen LogP contribution in [0, 0.1) is 0 Å². The van der Waals surface area contributed by atoms with Gasteiger partial charge in [0.1, 0.15) is 6.61 Å². The zero-order valence-electron chi connectivity index (χ0n) is 41.2. The minimum absolute atomic E-state index is 0.0849. The van der Waals surface area contributed by atoms with Gasteiger partial charge >= 0.3 is 11.9 Å². The maximum absolute atomic E-state index is 12.3. The largest absolute Gasteiger partial charge is 0.462 e. The molecule has 64 heavy (non-hydrogen) atoms. The lowest BCUT2D eigenvalue weighted by atomic mass is 10.1. The zero-order valence-corrected chi connectivity index (χ0v) is 41.2. The van der Waals surface area contributed by atoms with Crippen LogP contribution in [-0.4, -0.2) is 36.4 Å². The van der Waals surface area contributed by atoms with Crippen molar-refractivity contribution in [3.63, 3.8) is 0 Å². The van der Waals surface area contributed by atoms with Gasteiger partial charge in [0.25, 0.3) is 0 Å². The van der Waals surface area contributed by atoms with Crippen molar-refractivity contribution in [3.05, 3.63) is 122 Å². The van der Waals surface area contributed by atoms with Gasteiger partial charge in [0.05, 0.1) is 6.61 Å². The van der Waals surface area contributed by atoms with Crippen LogP contribution < -0.4 is 0 Å². The first-order chi connectivity index (χ1) is 31.6. The van der Waals surface area contributed by atoms with Gasteiger partial charge in [-0.15, -0.1) is 0 Å². The van der Waals surface area contributed by atoms with Crippen LogP contribution in [0.1, 0.15) is 219 Å². The molecule has 1 atom stereocenters. The molecule has 5 heteroatoms. The van der Waals surface area contributed by atoms with Crippen molar-refractivity contribution in [1.82, 2.24) is 0 Å². The van der Waals surface area contributed by atoms with Gasteiger partial charge in [-0.2, -0.15) is 0 Å². The molecule has 362 valence electrons. The highest BCUT2D eigenvalue weighted by atomic mass is 16.6. The lowest BCUT2D eigenvalue weighted by Gasteiger charge is -2.15. The van der Waals surface area contributed by atoms with E-state index in [1.54, 1.807) is 0 Å². The van der Waals surface area contributed by atoms with Crippen LogP contribution in [0.25, 0.3) is 0 Å². The molecule has 0 saturated carbocycles. The molecule has 0 bridgehead atoms. The Labute approximate surface area is 394 Å². The SMILES string of the molecule is CC/C=C\C/C=C\C/C=C\C/C=C\C/C=C\C/C=C\C/C=C\CCCCCCCCCC(=O)OC(CO)COC(=O)CCCCCCCC/C=C\C/C=C\C/C=C\CCCCCCC. The zero-order chi connectivity index (χ0) is 46.3. The van der Waals surface area contributed by atoms with Gasteiger partial charge in [-0.3, -0.25) is 9.59 Å². The summed E-state index contributed by atoms with van der Waals surface area (Å²) in [7, 11) is 0. The van der Waals surface area contributed by atoms with E-state index in [0.29, 0.717) is 12.8 Å². The molecule has 0 fully saturated rings. The van der Waals surface area contributed by atoms with Crippen molar-refractivity contribution >= 4 is 11.9 Å². The van der Waals surface area contributed by atoms with Crippen molar-refractivity contribution in [2.75, 3.05) is 13.2 Å². The summed E-state index contributed by atoms with van der Waals surface area (Å²) in [6.07, 6.45) is 78.5. The molecule has 0 aliphatic carbocycles. The number of esters is 2. The molecule has 1 N–H and O–H groups in total. The number of allylic oxidation sites excluding steroid dienone is 20. The molecule has 0 radical (unpaired) electrons. The Balaban J connectivity index is 3.63. The van der Waals surface area contributed by atoms with Crippen LogP contribution in [0.15, 0.2) is 122 Å². The Morgan fingerprint density at radius 1 is 0.375 bits per heavy atom. The Morgan fingerprint density at radius 2 is 0.672 bits per heavy atom. The Bertz CT molecular complexity index is 1320. The second-order valence-electron chi connectivity index (χ2n) is 16.9. The molecule has 1 unspecified atom stereocenters. The van der Waals surface area contributed by atoms with Gasteiger partial charge in [-0.1, -0.05) is 219 Å². The maximum atomic E-state index is 12.3. The fourth-order valence-corrected chi connectivity index (χ4v) is 6.84. The van der Waals surface area contributed by atoms with Crippen molar-refractivity contribution in [3.8, 4) is 0 Å². The van der Waals surface area contributed by atoms with E-state index in [2.05, 4.69) is 135 Å². The topological polar surface area (TPSA) is 72.8 Å². The normalized spacial score (nSPS) is 13.2. The minimum atomic E-state index is -0.793. The third-order valence-corrected chi connectivity index (χ3v) is 10.7. The maximum Gasteiger partial charge on any atom is 0.306 e. The van der Waals surface area contributed by atoms with E-state index in [0.717, 1.165) is 109 Å². The molecule has 0 aromatic carbocycles. The standard InChI is InChI=1S/C59H96O5/c1-3-5-7-9-11-13-15-17-19-21-23-25-26-27-28-29-30-31-32-34-36-38-40-42-44-46-48-50-52-54-59(62)64-57(55-60)56-63-58(61)53-51-49-47-45-43-41-39-37-35-33-24-22-20-18-16-14-12-10-8-6-4-2/h5,7,11,13,16-19,22-25,27-28,30-31,34-37,57,60H,3-4,6,8-10,12,14-15,20-21,26,29,32-33,38-56H2,1-2H3/b7-5-,13-11-,18-16-,19-17-,24-22-,25-23-,28-27-,31-30-,36-34-,37-35-. The first-order valence-corrected chi connectivity index (χ1v) is 26.1. The highest BCUT2D eigenvalue weighted by Crippen LogP contribution is 2.13. The third-order valence-electron chi connectivity index (χ3n) is 10.7. The Kier molecular flexibility index (Phi) is 50.5. The molecule has 0 aromatic heterocycles. The summed E-state index contributed by atoms with van der Waals surface area (Å²) in [5.74, 6) is -0.625. The van der Waals surface area contributed by atoms with Gasteiger partial charge in [-0.05, 0) is 109 Å². The minimum Gasteiger partial charge on any atom is -0.462 e. The van der Waals surface area contributed by atoms with E-state index < -0.39 is 6.10 Å². The highest BCUT2D eigenvalue weighted by molar-refractivity contribution is 5.70. The molecule has 0 amide bonds. The van der Waals surface area contributed by atoms with Gasteiger partial charge in [0.2, 0.25) is 0 Å². The number of carbonyl (C=O) groups is 2. The van der Waals surface area contributed by atoms with Crippen LogP contribution in [0.3, 0.4) is 0 Å². The predicted molar refractivity (Wildman–Crippen MR) is 278 cm³/mol. The lowest BCUT2D eigenvalue weighted by molar-refractivity contribution is -0.161. The summed E-state index contributed by atoms with van der Waals surface area (Å²) < 4.78 is 10.7. The third kappa shape index (κ3) is 50.9. The number of hydrogen-bond acceptors (Lipinski definition) is 5. The molecule has 0 rings (SSSR count). The summed E-state index contributed by atoms with van der Waals surface area (Å²) in [6.45, 7) is 3.99. The summed E-state index contributed by atoms with van der Waals surface area (Å²) in [6, 6.07) is 0. The Morgan fingerprint density at radius 3 is 1.02 bits per heavy atom. The predicted octanol–water partition coefficient (Wildman–Crippen LogP) is 17.5. The van der Waals surface area contributed by atoms with Crippen molar-refractivity contribution in [2.45, 2.75) is 225 Å². The quantitative estimate of drug-likeness (QED) is 0.0375. The van der Waals surface area contributed by atoms with E-state index >= 15 is 0 Å². The van der Waals surface area contributed by atoms with Gasteiger partial charge in [-0.25, -0.2) is 0 Å². The number of aliphatic hydroxyl groups is 1. The van der Waals surface area contributed by atoms with Gasteiger partial charge in [0, 0.05) is 12.8 Å². The van der Waals surface area contributed by atoms with Gasteiger partial charge in [0.15, 0.2) is 6.10 Å². The summed E-state index contributed by atoms with van der Waals surface area (Å²) in [4.78, 5) is 24.5. The van der Waals surface area contributed by atoms with E-state index in [9.17, 15) is 14.7 Å². The Hall–Kier alpha value is -3.70. The van der Waals surface area contributed by atoms with E-state index in [1.165, 1.54) is 83.5 Å². The number of carbonyl (C=O) groups excluding carboxylic acids is 2. The average Bonchev–Trinajstić information content (AvgIpc) is 3.30. The van der Waals surface area contributed by atoms with Gasteiger partial charge < -0.3 is 14.6 Å². The summed E-state index contributed by atoms with van der Waals surface area (Å²) in [5.41, 5.74) is 0. The molecule has 0 spiro atoms.